The molecule has 0 unspecified atom stereocenters. The van der Waals surface area contributed by atoms with Gasteiger partial charge in [-0.1, -0.05) is 30.3 Å². The standard InChI is InChI=1S/C12H13NO4/c1-9(2)11(13(15)16)12(14)17-8-10-6-4-3-5-7-10/h3-7H,8H2,1-2H3. The van der Waals surface area contributed by atoms with E-state index in [2.05, 4.69) is 0 Å². The van der Waals surface area contributed by atoms with E-state index in [1.807, 2.05) is 6.07 Å². The van der Waals surface area contributed by atoms with Crippen molar-refractivity contribution in [3.8, 4) is 0 Å². The lowest BCUT2D eigenvalue weighted by Gasteiger charge is -2.03. The van der Waals surface area contributed by atoms with Crippen LogP contribution in [0.25, 0.3) is 0 Å². The highest BCUT2D eigenvalue weighted by molar-refractivity contribution is 5.86. The van der Waals surface area contributed by atoms with Gasteiger partial charge in [-0.15, -0.1) is 0 Å². The molecule has 1 aromatic carbocycles. The van der Waals surface area contributed by atoms with Crippen molar-refractivity contribution in [3.05, 3.63) is 57.3 Å². The second-order valence-electron chi connectivity index (χ2n) is 3.67. The van der Waals surface area contributed by atoms with Crippen LogP contribution in [-0.2, 0) is 16.1 Å². The largest absolute Gasteiger partial charge is 0.453 e. The highest BCUT2D eigenvalue weighted by Gasteiger charge is 2.25. The van der Waals surface area contributed by atoms with Gasteiger partial charge in [-0.2, -0.15) is 0 Å². The van der Waals surface area contributed by atoms with E-state index in [4.69, 9.17) is 4.74 Å². The summed E-state index contributed by atoms with van der Waals surface area (Å²) in [7, 11) is 0. The Labute approximate surface area is 98.9 Å². The van der Waals surface area contributed by atoms with Crippen molar-refractivity contribution >= 4 is 5.97 Å². The first-order chi connectivity index (χ1) is 8.02. The number of hydrogen-bond acceptors (Lipinski definition) is 4. The van der Waals surface area contributed by atoms with E-state index in [1.54, 1.807) is 24.3 Å². The topological polar surface area (TPSA) is 69.4 Å². The van der Waals surface area contributed by atoms with Crippen LogP contribution >= 0.6 is 0 Å². The summed E-state index contributed by atoms with van der Waals surface area (Å²) in [5.74, 6) is -0.904. The maximum absolute atomic E-state index is 11.5. The third-order valence-corrected chi connectivity index (χ3v) is 2.06. The zero-order valence-electron chi connectivity index (χ0n) is 9.67. The molecule has 0 aliphatic carbocycles. The Kier molecular flexibility index (Phi) is 4.39. The van der Waals surface area contributed by atoms with E-state index in [0.29, 0.717) is 5.57 Å². The molecule has 0 aliphatic rings. The van der Waals surface area contributed by atoms with E-state index < -0.39 is 16.6 Å². The van der Waals surface area contributed by atoms with E-state index in [-0.39, 0.29) is 6.61 Å². The Morgan fingerprint density at radius 1 is 1.29 bits per heavy atom. The molecule has 0 aliphatic heterocycles. The van der Waals surface area contributed by atoms with Crippen LogP contribution in [-0.4, -0.2) is 10.9 Å². The number of esters is 1. The second-order valence-corrected chi connectivity index (χ2v) is 3.67. The molecule has 1 aromatic rings. The van der Waals surface area contributed by atoms with E-state index in [9.17, 15) is 14.9 Å². The number of carbonyl (C=O) groups excluding carboxylic acids is 1. The lowest BCUT2D eigenvalue weighted by atomic mass is 10.2. The molecule has 17 heavy (non-hydrogen) atoms. The number of carbonyl (C=O) groups is 1. The molecule has 0 radical (unpaired) electrons. The molecule has 0 saturated heterocycles. The van der Waals surface area contributed by atoms with E-state index in [1.165, 1.54) is 13.8 Å². The monoisotopic (exact) mass is 235 g/mol. The van der Waals surface area contributed by atoms with Gasteiger partial charge in [0.05, 0.1) is 4.92 Å². The maximum atomic E-state index is 11.5. The minimum atomic E-state index is -0.904. The molecule has 0 saturated carbocycles. The Hall–Kier alpha value is -2.17. The van der Waals surface area contributed by atoms with Gasteiger partial charge in [0.2, 0.25) is 0 Å². The van der Waals surface area contributed by atoms with Gasteiger partial charge < -0.3 is 4.74 Å². The van der Waals surface area contributed by atoms with Crippen LogP contribution in [0.15, 0.2) is 41.6 Å². The number of nitro groups is 1. The summed E-state index contributed by atoms with van der Waals surface area (Å²) in [4.78, 5) is 21.4. The predicted molar refractivity (Wildman–Crippen MR) is 61.6 cm³/mol. The zero-order chi connectivity index (χ0) is 12.8. The first-order valence-electron chi connectivity index (χ1n) is 5.05. The van der Waals surface area contributed by atoms with Crippen molar-refractivity contribution in [2.45, 2.75) is 20.5 Å². The van der Waals surface area contributed by atoms with Gasteiger partial charge in [-0.3, -0.25) is 10.1 Å². The fraction of sp³-hybridized carbons (Fsp3) is 0.250. The van der Waals surface area contributed by atoms with Gasteiger partial charge in [0.1, 0.15) is 6.61 Å². The van der Waals surface area contributed by atoms with Crippen molar-refractivity contribution in [3.63, 3.8) is 0 Å². The molecular weight excluding hydrogens is 222 g/mol. The van der Waals surface area contributed by atoms with Gasteiger partial charge >= 0.3 is 11.7 Å². The van der Waals surface area contributed by atoms with E-state index >= 15 is 0 Å². The quantitative estimate of drug-likeness (QED) is 0.347. The fourth-order valence-electron chi connectivity index (χ4n) is 1.25. The van der Waals surface area contributed by atoms with Crippen molar-refractivity contribution in [2.75, 3.05) is 0 Å². The molecule has 5 heteroatoms. The molecule has 90 valence electrons. The lowest BCUT2D eigenvalue weighted by Crippen LogP contribution is -2.16. The Balaban J connectivity index is 2.68. The molecule has 0 amide bonds. The number of allylic oxidation sites excluding steroid dienone is 1. The molecule has 0 aromatic heterocycles. The Morgan fingerprint density at radius 3 is 2.35 bits per heavy atom. The molecule has 0 spiro atoms. The smallest absolute Gasteiger partial charge is 0.410 e. The molecule has 1 rings (SSSR count). The second kappa shape index (κ2) is 5.79. The summed E-state index contributed by atoms with van der Waals surface area (Å²) in [6, 6.07) is 9.00. The summed E-state index contributed by atoms with van der Waals surface area (Å²) in [6.45, 7) is 3.04. The van der Waals surface area contributed by atoms with Gasteiger partial charge in [0.25, 0.3) is 0 Å². The van der Waals surface area contributed by atoms with Crippen LogP contribution < -0.4 is 0 Å². The van der Waals surface area contributed by atoms with Gasteiger partial charge in [-0.05, 0) is 19.4 Å². The van der Waals surface area contributed by atoms with E-state index in [0.717, 1.165) is 5.56 Å². The molecule has 0 heterocycles. The highest BCUT2D eigenvalue weighted by atomic mass is 16.6. The highest BCUT2D eigenvalue weighted by Crippen LogP contribution is 2.09. The van der Waals surface area contributed by atoms with Crippen LogP contribution in [0.2, 0.25) is 0 Å². The van der Waals surface area contributed by atoms with Gasteiger partial charge in [0, 0.05) is 5.57 Å². The van der Waals surface area contributed by atoms with Crippen LogP contribution in [0, 0.1) is 10.1 Å². The van der Waals surface area contributed by atoms with Gasteiger partial charge in [0.15, 0.2) is 0 Å². The van der Waals surface area contributed by atoms with Crippen molar-refractivity contribution in [1.82, 2.24) is 0 Å². The predicted octanol–water partition coefficient (Wildman–Crippen LogP) is 2.30. The van der Waals surface area contributed by atoms with Crippen LogP contribution in [0.3, 0.4) is 0 Å². The van der Waals surface area contributed by atoms with Crippen LogP contribution in [0.1, 0.15) is 19.4 Å². The summed E-state index contributed by atoms with van der Waals surface area (Å²) in [5.41, 5.74) is 0.617. The van der Waals surface area contributed by atoms with Crippen LogP contribution in [0.4, 0.5) is 0 Å². The molecule has 0 bridgehead atoms. The third kappa shape index (κ3) is 3.71. The molecule has 5 nitrogen and oxygen atoms in total. The molecule has 0 fully saturated rings. The zero-order valence-corrected chi connectivity index (χ0v) is 9.67. The van der Waals surface area contributed by atoms with Crippen molar-refractivity contribution in [1.29, 1.82) is 0 Å². The van der Waals surface area contributed by atoms with Gasteiger partial charge in [-0.25, -0.2) is 4.79 Å². The maximum Gasteiger partial charge on any atom is 0.410 e. The molecule has 0 N–H and O–H groups in total. The summed E-state index contributed by atoms with van der Waals surface area (Å²) >= 11 is 0. The van der Waals surface area contributed by atoms with Crippen molar-refractivity contribution in [2.24, 2.45) is 0 Å². The number of rotatable bonds is 4. The Morgan fingerprint density at radius 2 is 1.88 bits per heavy atom. The average molecular weight is 235 g/mol. The minimum Gasteiger partial charge on any atom is -0.453 e. The average Bonchev–Trinajstić information content (AvgIpc) is 2.27. The minimum absolute atomic E-state index is 0.0320. The molecular formula is C12H13NO4. The fourth-order valence-corrected chi connectivity index (χ4v) is 1.25. The lowest BCUT2D eigenvalue weighted by molar-refractivity contribution is -0.422. The first-order valence-corrected chi connectivity index (χ1v) is 5.05. The summed E-state index contributed by atoms with van der Waals surface area (Å²) < 4.78 is 4.87. The SMILES string of the molecule is CC(C)=C(C(=O)OCc1ccccc1)[N+](=O)[O-]. The number of ether oxygens (including phenoxy) is 1. The number of benzene rings is 1. The third-order valence-electron chi connectivity index (χ3n) is 2.06. The number of nitrogens with zero attached hydrogens (tertiary/aromatic N) is 1. The Bertz CT molecular complexity index is 447. The molecule has 0 atom stereocenters. The van der Waals surface area contributed by atoms with Crippen LogP contribution in [0.5, 0.6) is 0 Å². The first kappa shape index (κ1) is 12.9. The summed E-state index contributed by atoms with van der Waals surface area (Å²) in [5, 5.41) is 10.6. The summed E-state index contributed by atoms with van der Waals surface area (Å²) in [6.07, 6.45) is 0. The number of hydrogen-bond donors (Lipinski definition) is 0. The normalized spacial score (nSPS) is 9.53. The van der Waals surface area contributed by atoms with Crippen molar-refractivity contribution < 1.29 is 14.5 Å².